The summed E-state index contributed by atoms with van der Waals surface area (Å²) < 4.78 is 6.05. The van der Waals surface area contributed by atoms with Gasteiger partial charge in [0.1, 0.15) is 16.9 Å². The zero-order valence-corrected chi connectivity index (χ0v) is 14.9. The minimum Gasteiger partial charge on any atom is -0.508 e. The number of hydrogen-bond acceptors (Lipinski definition) is 3. The topological polar surface area (TPSA) is 50.4 Å². The van der Waals surface area contributed by atoms with Gasteiger partial charge in [0.05, 0.1) is 10.8 Å². The third kappa shape index (κ3) is 2.65. The van der Waals surface area contributed by atoms with Crippen LogP contribution in [0.2, 0.25) is 0 Å². The Morgan fingerprint density at radius 3 is 2.04 bits per heavy atom. The van der Waals surface area contributed by atoms with E-state index in [1.54, 1.807) is 18.2 Å². The first-order valence-electron chi connectivity index (χ1n) is 9.05. The number of aromatic hydroxyl groups is 1. The van der Waals surface area contributed by atoms with Gasteiger partial charge in [0.15, 0.2) is 0 Å². The number of benzene rings is 4. The molecule has 0 aliphatic carbocycles. The highest BCUT2D eigenvalue weighted by Gasteiger charge is 2.14. The van der Waals surface area contributed by atoms with E-state index in [2.05, 4.69) is 0 Å². The molecule has 0 aliphatic heterocycles. The fourth-order valence-corrected chi connectivity index (χ4v) is 3.58. The summed E-state index contributed by atoms with van der Waals surface area (Å²) >= 11 is 0. The molecule has 0 spiro atoms. The van der Waals surface area contributed by atoms with Crippen LogP contribution in [-0.4, -0.2) is 5.11 Å². The normalized spacial score (nSPS) is 11.1. The van der Waals surface area contributed by atoms with Crippen LogP contribution in [0.15, 0.2) is 100 Å². The maximum atomic E-state index is 13.1. The standard InChI is InChI=1S/C25H16O3/c26-18-12-10-17(11-13-18)21-15-24-22(14-20(21)16-6-2-1-3-7-16)25(27)19-8-4-5-9-23(19)28-24/h1-15,26H. The zero-order valence-electron chi connectivity index (χ0n) is 14.9. The van der Waals surface area contributed by atoms with Crippen molar-refractivity contribution in [1.82, 2.24) is 0 Å². The van der Waals surface area contributed by atoms with E-state index in [1.165, 1.54) is 0 Å². The van der Waals surface area contributed by atoms with Gasteiger partial charge in [0.2, 0.25) is 5.43 Å². The van der Waals surface area contributed by atoms with Gasteiger partial charge in [-0.05, 0) is 58.7 Å². The van der Waals surface area contributed by atoms with Gasteiger partial charge in [-0.2, -0.15) is 0 Å². The van der Waals surface area contributed by atoms with Crippen molar-refractivity contribution in [1.29, 1.82) is 0 Å². The summed E-state index contributed by atoms with van der Waals surface area (Å²) in [5.41, 5.74) is 4.93. The molecule has 0 radical (unpaired) electrons. The van der Waals surface area contributed by atoms with Crippen LogP contribution < -0.4 is 5.43 Å². The Hall–Kier alpha value is -3.85. The van der Waals surface area contributed by atoms with E-state index in [0.717, 1.165) is 22.3 Å². The van der Waals surface area contributed by atoms with Gasteiger partial charge in [-0.1, -0.05) is 54.6 Å². The van der Waals surface area contributed by atoms with Crippen molar-refractivity contribution in [3.63, 3.8) is 0 Å². The molecule has 0 aliphatic rings. The lowest BCUT2D eigenvalue weighted by atomic mass is 9.92. The lowest BCUT2D eigenvalue weighted by Crippen LogP contribution is -2.02. The summed E-state index contributed by atoms with van der Waals surface area (Å²) in [6.45, 7) is 0. The van der Waals surface area contributed by atoms with Crippen molar-refractivity contribution in [3.05, 3.63) is 101 Å². The molecule has 4 aromatic carbocycles. The fourth-order valence-electron chi connectivity index (χ4n) is 3.58. The maximum Gasteiger partial charge on any atom is 0.200 e. The van der Waals surface area contributed by atoms with Gasteiger partial charge >= 0.3 is 0 Å². The molecule has 0 unspecified atom stereocenters. The maximum absolute atomic E-state index is 13.1. The van der Waals surface area contributed by atoms with E-state index in [0.29, 0.717) is 21.9 Å². The molecule has 1 heterocycles. The van der Waals surface area contributed by atoms with Crippen LogP contribution in [0, 0.1) is 0 Å². The molecule has 0 amide bonds. The molecular weight excluding hydrogens is 348 g/mol. The number of phenols is 1. The number of fused-ring (bicyclic) bond motifs is 2. The number of para-hydroxylation sites is 1. The van der Waals surface area contributed by atoms with Crippen molar-refractivity contribution in [2.45, 2.75) is 0 Å². The van der Waals surface area contributed by atoms with E-state index >= 15 is 0 Å². The molecule has 0 saturated carbocycles. The zero-order chi connectivity index (χ0) is 19.1. The minimum absolute atomic E-state index is 0.0358. The van der Waals surface area contributed by atoms with Gasteiger partial charge in [-0.15, -0.1) is 0 Å². The average Bonchev–Trinajstić information content (AvgIpc) is 2.74. The summed E-state index contributed by atoms with van der Waals surface area (Å²) in [6.07, 6.45) is 0. The molecule has 0 atom stereocenters. The van der Waals surface area contributed by atoms with E-state index in [1.807, 2.05) is 72.8 Å². The van der Waals surface area contributed by atoms with Crippen LogP contribution >= 0.6 is 0 Å². The number of hydrogen-bond donors (Lipinski definition) is 1. The lowest BCUT2D eigenvalue weighted by molar-refractivity contribution is 0.475. The molecule has 0 saturated heterocycles. The molecule has 5 rings (SSSR count). The SMILES string of the molecule is O=c1c2ccccc2oc2cc(-c3ccc(O)cc3)c(-c3ccccc3)cc12. The molecule has 0 bridgehead atoms. The smallest absolute Gasteiger partial charge is 0.200 e. The Bertz CT molecular complexity index is 1360. The number of rotatable bonds is 2. The van der Waals surface area contributed by atoms with E-state index in [4.69, 9.17) is 4.42 Å². The highest BCUT2D eigenvalue weighted by Crippen LogP contribution is 2.36. The molecule has 0 fully saturated rings. The van der Waals surface area contributed by atoms with Crippen molar-refractivity contribution in [2.24, 2.45) is 0 Å². The predicted octanol–water partition coefficient (Wildman–Crippen LogP) is 5.99. The Kier molecular flexibility index (Phi) is 3.73. The van der Waals surface area contributed by atoms with E-state index < -0.39 is 0 Å². The first-order chi connectivity index (χ1) is 13.7. The van der Waals surface area contributed by atoms with Gasteiger partial charge < -0.3 is 9.52 Å². The van der Waals surface area contributed by atoms with Crippen molar-refractivity contribution < 1.29 is 9.52 Å². The Balaban J connectivity index is 1.89. The number of phenolic OH excluding ortho intramolecular Hbond substituents is 1. The van der Waals surface area contributed by atoms with Gasteiger partial charge in [-0.25, -0.2) is 0 Å². The summed E-state index contributed by atoms with van der Waals surface area (Å²) in [6, 6.07) is 28.1. The summed E-state index contributed by atoms with van der Waals surface area (Å²) in [5, 5.41) is 10.8. The van der Waals surface area contributed by atoms with Crippen molar-refractivity contribution in [2.75, 3.05) is 0 Å². The third-order valence-electron chi connectivity index (χ3n) is 4.98. The van der Waals surface area contributed by atoms with Crippen LogP contribution in [0.5, 0.6) is 5.75 Å². The lowest BCUT2D eigenvalue weighted by Gasteiger charge is -2.12. The molecule has 1 aromatic heterocycles. The Morgan fingerprint density at radius 1 is 0.607 bits per heavy atom. The summed E-state index contributed by atoms with van der Waals surface area (Å²) in [7, 11) is 0. The van der Waals surface area contributed by atoms with Crippen LogP contribution in [0.25, 0.3) is 44.2 Å². The summed E-state index contributed by atoms with van der Waals surface area (Å²) in [4.78, 5) is 13.1. The second-order valence-corrected chi connectivity index (χ2v) is 6.73. The molecule has 134 valence electrons. The summed E-state index contributed by atoms with van der Waals surface area (Å²) in [5.74, 6) is 0.211. The molecule has 5 aromatic rings. The van der Waals surface area contributed by atoms with E-state index in [-0.39, 0.29) is 11.2 Å². The van der Waals surface area contributed by atoms with Gasteiger partial charge in [-0.3, -0.25) is 4.79 Å². The first-order valence-corrected chi connectivity index (χ1v) is 9.05. The quantitative estimate of drug-likeness (QED) is 0.392. The minimum atomic E-state index is -0.0358. The highest BCUT2D eigenvalue weighted by molar-refractivity contribution is 5.97. The van der Waals surface area contributed by atoms with Gasteiger partial charge in [0, 0.05) is 0 Å². The van der Waals surface area contributed by atoms with E-state index in [9.17, 15) is 9.90 Å². The second-order valence-electron chi connectivity index (χ2n) is 6.73. The fraction of sp³-hybridized carbons (Fsp3) is 0. The Labute approximate surface area is 161 Å². The van der Waals surface area contributed by atoms with Gasteiger partial charge in [0.25, 0.3) is 0 Å². The van der Waals surface area contributed by atoms with Crippen molar-refractivity contribution >= 4 is 21.9 Å². The molecule has 3 heteroatoms. The molecule has 28 heavy (non-hydrogen) atoms. The average molecular weight is 364 g/mol. The van der Waals surface area contributed by atoms with Crippen LogP contribution in [0.1, 0.15) is 0 Å². The monoisotopic (exact) mass is 364 g/mol. The molecule has 1 N–H and O–H groups in total. The molecule has 3 nitrogen and oxygen atoms in total. The highest BCUT2D eigenvalue weighted by atomic mass is 16.3. The van der Waals surface area contributed by atoms with Crippen LogP contribution in [0.3, 0.4) is 0 Å². The van der Waals surface area contributed by atoms with Crippen LogP contribution in [0.4, 0.5) is 0 Å². The third-order valence-corrected chi connectivity index (χ3v) is 4.98. The predicted molar refractivity (Wildman–Crippen MR) is 113 cm³/mol. The van der Waals surface area contributed by atoms with Crippen LogP contribution in [-0.2, 0) is 0 Å². The largest absolute Gasteiger partial charge is 0.508 e. The Morgan fingerprint density at radius 2 is 1.25 bits per heavy atom. The van der Waals surface area contributed by atoms with Crippen molar-refractivity contribution in [3.8, 4) is 28.0 Å². The second kappa shape index (κ2) is 6.39. The first kappa shape index (κ1) is 16.3. The molecular formula is C25H16O3.